The minimum Gasteiger partial charge on any atom is -0.308 e. The highest BCUT2D eigenvalue weighted by atomic mass is 32.1. The maximum Gasteiger partial charge on any atom is 0.0649 e. The predicted octanol–water partition coefficient (Wildman–Crippen LogP) is 1.90. The zero-order valence-corrected chi connectivity index (χ0v) is 6.13. The maximum absolute atomic E-state index is 7.15. The van der Waals surface area contributed by atoms with E-state index in [1.165, 1.54) is 0 Å². The molecule has 0 radical (unpaired) electrons. The Balaban J connectivity index is 4.12. The molecule has 1 unspecified atom stereocenters. The van der Waals surface area contributed by atoms with Crippen molar-refractivity contribution in [2.45, 2.75) is 18.6 Å². The lowest BCUT2D eigenvalue weighted by Crippen LogP contribution is -2.21. The molecule has 0 bridgehead atoms. The van der Waals surface area contributed by atoms with Crippen molar-refractivity contribution in [3.8, 4) is 0 Å². The molecule has 0 aromatic carbocycles. The molecule has 0 saturated carbocycles. The van der Waals surface area contributed by atoms with E-state index in [0.717, 1.165) is 0 Å². The Morgan fingerprint density at radius 2 is 2.25 bits per heavy atom. The molecule has 0 aliphatic heterocycles. The van der Waals surface area contributed by atoms with Crippen molar-refractivity contribution in [3.05, 3.63) is 12.7 Å². The molecule has 8 heavy (non-hydrogen) atoms. The van der Waals surface area contributed by atoms with Crippen LogP contribution in [0.1, 0.15) is 13.8 Å². The summed E-state index contributed by atoms with van der Waals surface area (Å²) in [6.45, 7) is 7.09. The molecule has 2 heteroatoms. The Bertz CT molecular complexity index is 116. The number of hydrogen-bond acceptors (Lipinski definition) is 2. The third-order valence-electron chi connectivity index (χ3n) is 1.16. The summed E-state index contributed by atoms with van der Waals surface area (Å²) in [5.41, 5.74) is 0.524. The topological polar surface area (TPSA) is 23.9 Å². The average Bonchev–Trinajstić information content (AvgIpc) is 1.67. The fraction of sp³-hybridized carbons (Fsp3) is 0.500. The Hall–Kier alpha value is -0.240. The Labute approximate surface area is 55.7 Å². The van der Waals surface area contributed by atoms with Gasteiger partial charge in [-0.05, 0) is 13.8 Å². The largest absolute Gasteiger partial charge is 0.308 e. The van der Waals surface area contributed by atoms with Crippen molar-refractivity contribution in [1.82, 2.24) is 0 Å². The van der Waals surface area contributed by atoms with Crippen molar-refractivity contribution >= 4 is 18.3 Å². The Morgan fingerprint density at radius 1 is 1.88 bits per heavy atom. The van der Waals surface area contributed by atoms with Crippen LogP contribution in [0.5, 0.6) is 0 Å². The molecule has 1 atom stereocenters. The zero-order valence-electron chi connectivity index (χ0n) is 5.23. The van der Waals surface area contributed by atoms with Gasteiger partial charge in [0.25, 0.3) is 0 Å². The van der Waals surface area contributed by atoms with Crippen LogP contribution in [0.25, 0.3) is 0 Å². The Morgan fingerprint density at radius 3 is 2.25 bits per heavy atom. The molecule has 0 aliphatic carbocycles. The lowest BCUT2D eigenvalue weighted by molar-refractivity contribution is 1.05. The fourth-order valence-corrected chi connectivity index (χ4v) is 0.153. The van der Waals surface area contributed by atoms with E-state index in [9.17, 15) is 0 Å². The lowest BCUT2D eigenvalue weighted by Gasteiger charge is -2.15. The zero-order chi connectivity index (χ0) is 6.78. The smallest absolute Gasteiger partial charge is 0.0649 e. The third kappa shape index (κ3) is 1.70. The number of nitrogens with one attached hydrogen (secondary N) is 1. The second kappa shape index (κ2) is 2.35. The standard InChI is InChI=1S/C6H11NS/c1-4-6(3,8)5(2)7/h4,7-8H,1H2,2-3H3. The van der Waals surface area contributed by atoms with Crippen LogP contribution in [0.4, 0.5) is 0 Å². The highest BCUT2D eigenvalue weighted by Crippen LogP contribution is 2.14. The first-order valence-electron chi connectivity index (χ1n) is 2.42. The lowest BCUT2D eigenvalue weighted by atomic mass is 10.1. The van der Waals surface area contributed by atoms with Crippen LogP contribution in [-0.2, 0) is 0 Å². The first kappa shape index (κ1) is 7.76. The van der Waals surface area contributed by atoms with Gasteiger partial charge in [-0.3, -0.25) is 0 Å². The van der Waals surface area contributed by atoms with Gasteiger partial charge in [0, 0.05) is 5.71 Å². The van der Waals surface area contributed by atoms with E-state index < -0.39 is 4.75 Å². The molecule has 0 rings (SSSR count). The summed E-state index contributed by atoms with van der Waals surface area (Å²) in [5, 5.41) is 7.15. The summed E-state index contributed by atoms with van der Waals surface area (Å²) in [6.07, 6.45) is 1.65. The van der Waals surface area contributed by atoms with Crippen molar-refractivity contribution in [3.63, 3.8) is 0 Å². The molecule has 1 N–H and O–H groups in total. The van der Waals surface area contributed by atoms with Gasteiger partial charge in [0.05, 0.1) is 4.75 Å². The monoisotopic (exact) mass is 129 g/mol. The van der Waals surface area contributed by atoms with Gasteiger partial charge in [-0.2, -0.15) is 12.6 Å². The third-order valence-corrected chi connectivity index (χ3v) is 1.67. The summed E-state index contributed by atoms with van der Waals surface area (Å²) in [4.78, 5) is 0. The average molecular weight is 129 g/mol. The first-order chi connectivity index (χ1) is 3.50. The molecule has 0 aromatic heterocycles. The van der Waals surface area contributed by atoms with Crippen LogP contribution in [0.15, 0.2) is 12.7 Å². The van der Waals surface area contributed by atoms with Crippen molar-refractivity contribution in [1.29, 1.82) is 5.41 Å². The minimum absolute atomic E-state index is 0.417. The minimum atomic E-state index is -0.417. The van der Waals surface area contributed by atoms with E-state index in [1.807, 2.05) is 6.92 Å². The van der Waals surface area contributed by atoms with Gasteiger partial charge in [-0.15, -0.1) is 6.58 Å². The van der Waals surface area contributed by atoms with Crippen molar-refractivity contribution < 1.29 is 0 Å². The molecular formula is C6H11NS. The Kier molecular flexibility index (Phi) is 2.28. The van der Waals surface area contributed by atoms with Gasteiger partial charge in [-0.1, -0.05) is 6.08 Å². The number of hydrogen-bond donors (Lipinski definition) is 2. The SMILES string of the molecule is C=CC(C)(S)C(C)=N. The molecule has 0 spiro atoms. The molecule has 0 aliphatic rings. The van der Waals surface area contributed by atoms with Crippen LogP contribution < -0.4 is 0 Å². The quantitative estimate of drug-likeness (QED) is 0.323. The van der Waals surface area contributed by atoms with Gasteiger partial charge >= 0.3 is 0 Å². The summed E-state index contributed by atoms with van der Waals surface area (Å²) in [7, 11) is 0. The molecule has 0 amide bonds. The molecule has 46 valence electrons. The molecular weight excluding hydrogens is 118 g/mol. The van der Waals surface area contributed by atoms with Crippen molar-refractivity contribution in [2.24, 2.45) is 0 Å². The molecule has 1 nitrogen and oxygen atoms in total. The van der Waals surface area contributed by atoms with Gasteiger partial charge in [0.2, 0.25) is 0 Å². The van der Waals surface area contributed by atoms with Crippen LogP contribution in [0.2, 0.25) is 0 Å². The molecule has 0 aromatic rings. The summed E-state index contributed by atoms with van der Waals surface area (Å²) < 4.78 is -0.417. The molecule has 0 saturated heterocycles. The first-order valence-corrected chi connectivity index (χ1v) is 2.87. The van der Waals surface area contributed by atoms with Gasteiger partial charge in [-0.25, -0.2) is 0 Å². The highest BCUT2D eigenvalue weighted by Gasteiger charge is 2.15. The highest BCUT2D eigenvalue weighted by molar-refractivity contribution is 7.83. The molecule has 0 fully saturated rings. The summed E-state index contributed by atoms with van der Waals surface area (Å²) in [5.74, 6) is 0. The summed E-state index contributed by atoms with van der Waals surface area (Å²) in [6, 6.07) is 0. The van der Waals surface area contributed by atoms with Crippen LogP contribution in [0.3, 0.4) is 0 Å². The van der Waals surface area contributed by atoms with E-state index in [1.54, 1.807) is 13.0 Å². The van der Waals surface area contributed by atoms with E-state index >= 15 is 0 Å². The van der Waals surface area contributed by atoms with E-state index in [0.29, 0.717) is 5.71 Å². The van der Waals surface area contributed by atoms with Crippen molar-refractivity contribution in [2.75, 3.05) is 0 Å². The maximum atomic E-state index is 7.15. The number of rotatable bonds is 2. The normalized spacial score (nSPS) is 16.9. The van der Waals surface area contributed by atoms with Gasteiger partial charge in [0.15, 0.2) is 0 Å². The van der Waals surface area contributed by atoms with Gasteiger partial charge in [0.1, 0.15) is 0 Å². The summed E-state index contributed by atoms with van der Waals surface area (Å²) >= 11 is 4.14. The van der Waals surface area contributed by atoms with Gasteiger partial charge < -0.3 is 5.41 Å². The second-order valence-corrected chi connectivity index (χ2v) is 2.91. The van der Waals surface area contributed by atoms with Crippen LogP contribution >= 0.6 is 12.6 Å². The van der Waals surface area contributed by atoms with E-state index in [2.05, 4.69) is 19.2 Å². The molecule has 0 heterocycles. The van der Waals surface area contributed by atoms with Crippen LogP contribution in [-0.4, -0.2) is 10.5 Å². The van der Waals surface area contributed by atoms with Crippen LogP contribution in [0, 0.1) is 5.41 Å². The van der Waals surface area contributed by atoms with E-state index in [4.69, 9.17) is 5.41 Å². The predicted molar refractivity (Wildman–Crippen MR) is 41.0 cm³/mol. The number of thiol groups is 1. The van der Waals surface area contributed by atoms with E-state index in [-0.39, 0.29) is 0 Å². The fourth-order valence-electron chi connectivity index (χ4n) is 0.153. The second-order valence-electron chi connectivity index (χ2n) is 1.98.